The molecule has 0 saturated heterocycles. The van der Waals surface area contributed by atoms with Gasteiger partial charge >= 0.3 is 0 Å². The van der Waals surface area contributed by atoms with Gasteiger partial charge in [0.25, 0.3) is 0 Å². The van der Waals surface area contributed by atoms with E-state index < -0.39 is 0 Å². The Morgan fingerprint density at radius 2 is 2.27 bits per heavy atom. The Balaban J connectivity index is 2.86. The van der Waals surface area contributed by atoms with Crippen LogP contribution in [-0.4, -0.2) is 11.7 Å². The molecule has 0 fully saturated rings. The molecular formula is C9H13NO. The van der Waals surface area contributed by atoms with Crippen LogP contribution in [0.5, 0.6) is 0 Å². The molecule has 0 aliphatic rings. The smallest absolute Gasteiger partial charge is 0.0624 e. The minimum atomic E-state index is -0.241. The summed E-state index contributed by atoms with van der Waals surface area (Å²) in [5.74, 6) is 0. The maximum Gasteiger partial charge on any atom is 0.0624 e. The lowest BCUT2D eigenvalue weighted by molar-refractivity contribution is 0.268. The summed E-state index contributed by atoms with van der Waals surface area (Å²) in [7, 11) is 0. The van der Waals surface area contributed by atoms with Gasteiger partial charge in [0.15, 0.2) is 0 Å². The Labute approximate surface area is 66.7 Å². The SMILES string of the molecule is Cc1cccc([C@H](N)CO)c1. The number of aliphatic hydroxyl groups excluding tert-OH is 1. The molecule has 60 valence electrons. The fourth-order valence-electron chi connectivity index (χ4n) is 1.01. The van der Waals surface area contributed by atoms with Gasteiger partial charge < -0.3 is 10.8 Å². The Kier molecular flexibility index (Phi) is 2.63. The molecule has 1 rings (SSSR count). The summed E-state index contributed by atoms with van der Waals surface area (Å²) < 4.78 is 0. The predicted octanol–water partition coefficient (Wildman–Crippen LogP) is 0.987. The van der Waals surface area contributed by atoms with Crippen LogP contribution in [0.25, 0.3) is 0 Å². The number of aliphatic hydroxyl groups is 1. The Hall–Kier alpha value is -0.860. The van der Waals surface area contributed by atoms with E-state index in [1.165, 1.54) is 5.56 Å². The van der Waals surface area contributed by atoms with Crippen LogP contribution in [0.15, 0.2) is 24.3 Å². The summed E-state index contributed by atoms with van der Waals surface area (Å²) in [6, 6.07) is 7.62. The minimum absolute atomic E-state index is 0.00343. The highest BCUT2D eigenvalue weighted by atomic mass is 16.3. The molecule has 2 nitrogen and oxygen atoms in total. The highest BCUT2D eigenvalue weighted by Crippen LogP contribution is 2.10. The van der Waals surface area contributed by atoms with Gasteiger partial charge in [0.2, 0.25) is 0 Å². The third-order valence-electron chi connectivity index (χ3n) is 1.67. The monoisotopic (exact) mass is 151 g/mol. The summed E-state index contributed by atoms with van der Waals surface area (Å²) in [4.78, 5) is 0. The molecule has 1 aromatic carbocycles. The lowest BCUT2D eigenvalue weighted by atomic mass is 10.1. The van der Waals surface area contributed by atoms with Gasteiger partial charge in [-0.2, -0.15) is 0 Å². The second kappa shape index (κ2) is 3.51. The second-order valence-electron chi connectivity index (χ2n) is 2.70. The van der Waals surface area contributed by atoms with Gasteiger partial charge in [0.1, 0.15) is 0 Å². The molecule has 0 heterocycles. The topological polar surface area (TPSA) is 46.2 Å². The normalized spacial score (nSPS) is 13.0. The van der Waals surface area contributed by atoms with E-state index in [4.69, 9.17) is 10.8 Å². The lowest BCUT2D eigenvalue weighted by Gasteiger charge is -2.08. The summed E-state index contributed by atoms with van der Waals surface area (Å²) in [6.45, 7) is 2.01. The largest absolute Gasteiger partial charge is 0.394 e. The molecule has 0 saturated carbocycles. The van der Waals surface area contributed by atoms with Crippen LogP contribution in [0.1, 0.15) is 17.2 Å². The van der Waals surface area contributed by atoms with E-state index in [2.05, 4.69) is 0 Å². The van der Waals surface area contributed by atoms with Crippen LogP contribution in [0.2, 0.25) is 0 Å². The summed E-state index contributed by atoms with van der Waals surface area (Å²) in [5.41, 5.74) is 7.78. The van der Waals surface area contributed by atoms with E-state index in [0.717, 1.165) is 5.56 Å². The van der Waals surface area contributed by atoms with Crippen LogP contribution in [0, 0.1) is 6.92 Å². The van der Waals surface area contributed by atoms with E-state index >= 15 is 0 Å². The van der Waals surface area contributed by atoms with E-state index in [1.807, 2.05) is 31.2 Å². The predicted molar refractivity (Wildman–Crippen MR) is 45.2 cm³/mol. The van der Waals surface area contributed by atoms with Crippen LogP contribution in [0.3, 0.4) is 0 Å². The zero-order valence-electron chi connectivity index (χ0n) is 6.62. The van der Waals surface area contributed by atoms with Crippen LogP contribution in [-0.2, 0) is 0 Å². The molecular weight excluding hydrogens is 138 g/mol. The van der Waals surface area contributed by atoms with E-state index in [9.17, 15) is 0 Å². The van der Waals surface area contributed by atoms with Crippen LogP contribution < -0.4 is 5.73 Å². The number of hydrogen-bond acceptors (Lipinski definition) is 2. The third kappa shape index (κ3) is 2.03. The Bertz CT molecular complexity index is 235. The zero-order chi connectivity index (χ0) is 8.27. The molecule has 2 heteroatoms. The molecule has 1 atom stereocenters. The summed E-state index contributed by atoms with van der Waals surface area (Å²) in [5, 5.41) is 8.75. The van der Waals surface area contributed by atoms with Crippen molar-refractivity contribution < 1.29 is 5.11 Å². The lowest BCUT2D eigenvalue weighted by Crippen LogP contribution is -2.14. The molecule has 1 aromatic rings. The van der Waals surface area contributed by atoms with Gasteiger partial charge in [-0.3, -0.25) is 0 Å². The first-order valence-corrected chi connectivity index (χ1v) is 3.67. The van der Waals surface area contributed by atoms with Crippen molar-refractivity contribution in [3.8, 4) is 0 Å². The van der Waals surface area contributed by atoms with Crippen LogP contribution in [0.4, 0.5) is 0 Å². The van der Waals surface area contributed by atoms with Crippen molar-refractivity contribution >= 4 is 0 Å². The molecule has 0 amide bonds. The Morgan fingerprint density at radius 3 is 2.82 bits per heavy atom. The highest BCUT2D eigenvalue weighted by Gasteiger charge is 2.02. The molecule has 0 unspecified atom stereocenters. The van der Waals surface area contributed by atoms with Gasteiger partial charge in [0.05, 0.1) is 12.6 Å². The van der Waals surface area contributed by atoms with Crippen molar-refractivity contribution in [3.63, 3.8) is 0 Å². The molecule has 0 bridgehead atoms. The number of benzene rings is 1. The fourth-order valence-corrected chi connectivity index (χ4v) is 1.01. The van der Waals surface area contributed by atoms with Crippen LogP contribution >= 0.6 is 0 Å². The first-order chi connectivity index (χ1) is 5.24. The summed E-state index contributed by atoms with van der Waals surface area (Å²) in [6.07, 6.45) is 0. The molecule has 0 aliphatic carbocycles. The van der Waals surface area contributed by atoms with Crippen molar-refractivity contribution in [1.29, 1.82) is 0 Å². The number of hydrogen-bond donors (Lipinski definition) is 2. The Morgan fingerprint density at radius 1 is 1.55 bits per heavy atom. The number of rotatable bonds is 2. The minimum Gasteiger partial charge on any atom is -0.394 e. The van der Waals surface area contributed by atoms with E-state index in [1.54, 1.807) is 0 Å². The van der Waals surface area contributed by atoms with Crippen molar-refractivity contribution in [3.05, 3.63) is 35.4 Å². The maximum atomic E-state index is 8.75. The zero-order valence-corrected chi connectivity index (χ0v) is 6.62. The van der Waals surface area contributed by atoms with Gasteiger partial charge in [-0.15, -0.1) is 0 Å². The van der Waals surface area contributed by atoms with E-state index in [-0.39, 0.29) is 12.6 Å². The fraction of sp³-hybridized carbons (Fsp3) is 0.333. The standard InChI is InChI=1S/C9H13NO/c1-7-3-2-4-8(5-7)9(10)6-11/h2-5,9,11H,6,10H2,1H3/t9-/m1/s1. The van der Waals surface area contributed by atoms with Gasteiger partial charge in [-0.25, -0.2) is 0 Å². The molecule has 0 aliphatic heterocycles. The number of nitrogens with two attached hydrogens (primary N) is 1. The first kappa shape index (κ1) is 8.24. The van der Waals surface area contributed by atoms with Gasteiger partial charge in [0, 0.05) is 0 Å². The third-order valence-corrected chi connectivity index (χ3v) is 1.67. The first-order valence-electron chi connectivity index (χ1n) is 3.67. The average Bonchev–Trinajstić information content (AvgIpc) is 2.03. The average molecular weight is 151 g/mol. The van der Waals surface area contributed by atoms with Crippen molar-refractivity contribution in [1.82, 2.24) is 0 Å². The molecule has 0 radical (unpaired) electrons. The quantitative estimate of drug-likeness (QED) is 0.662. The summed E-state index contributed by atoms with van der Waals surface area (Å²) >= 11 is 0. The van der Waals surface area contributed by atoms with Gasteiger partial charge in [-0.1, -0.05) is 29.8 Å². The van der Waals surface area contributed by atoms with Crippen molar-refractivity contribution in [2.75, 3.05) is 6.61 Å². The number of aryl methyl sites for hydroxylation is 1. The highest BCUT2D eigenvalue weighted by molar-refractivity contribution is 5.24. The molecule has 3 N–H and O–H groups in total. The van der Waals surface area contributed by atoms with Crippen molar-refractivity contribution in [2.45, 2.75) is 13.0 Å². The maximum absolute atomic E-state index is 8.75. The van der Waals surface area contributed by atoms with Crippen molar-refractivity contribution in [2.24, 2.45) is 5.73 Å². The second-order valence-corrected chi connectivity index (χ2v) is 2.70. The molecule has 0 aromatic heterocycles. The van der Waals surface area contributed by atoms with E-state index in [0.29, 0.717) is 0 Å². The molecule has 11 heavy (non-hydrogen) atoms. The molecule has 0 spiro atoms. The van der Waals surface area contributed by atoms with Gasteiger partial charge in [-0.05, 0) is 12.5 Å².